The van der Waals surface area contributed by atoms with Crippen LogP contribution in [0.25, 0.3) is 0 Å². The monoisotopic (exact) mass is 564 g/mol. The summed E-state index contributed by atoms with van der Waals surface area (Å²) in [4.78, 5) is 43.3. The molecule has 0 fully saturated rings. The molecule has 3 amide bonds. The Kier molecular flexibility index (Phi) is 9.09. The zero-order chi connectivity index (χ0) is 29.1. The summed E-state index contributed by atoms with van der Waals surface area (Å²) >= 11 is 0. The number of hydrogen-bond donors (Lipinski definition) is 3. The van der Waals surface area contributed by atoms with Crippen molar-refractivity contribution in [2.75, 3.05) is 33.7 Å². The van der Waals surface area contributed by atoms with Crippen LogP contribution in [-0.4, -0.2) is 82.1 Å². The molecule has 2 heterocycles. The SMILES string of the molecule is CN(C)CCNC(=O)c1nc(C(F)(F)F)n2c1CN(C(=O)C[C@@H](Cc1cc(F)c(F)cc1F)NC(=O)O)CC2. The summed E-state index contributed by atoms with van der Waals surface area (Å²) < 4.78 is 82.6. The van der Waals surface area contributed by atoms with Crippen LogP contribution in [0.15, 0.2) is 12.1 Å². The average Bonchev–Trinajstić information content (AvgIpc) is 3.21. The second kappa shape index (κ2) is 11.9. The van der Waals surface area contributed by atoms with Gasteiger partial charge in [0.25, 0.3) is 5.91 Å². The third-order valence-electron chi connectivity index (χ3n) is 5.98. The van der Waals surface area contributed by atoms with Crippen LogP contribution in [0.3, 0.4) is 0 Å². The first kappa shape index (κ1) is 29.7. The first-order chi connectivity index (χ1) is 18.2. The molecular weight excluding hydrogens is 538 g/mol. The molecule has 0 aliphatic carbocycles. The summed E-state index contributed by atoms with van der Waals surface area (Å²) in [5.41, 5.74) is -1.04. The minimum Gasteiger partial charge on any atom is -0.465 e. The van der Waals surface area contributed by atoms with Crippen molar-refractivity contribution in [3.8, 4) is 0 Å². The number of halogens is 6. The quantitative estimate of drug-likeness (QED) is 0.318. The van der Waals surface area contributed by atoms with Gasteiger partial charge in [-0.05, 0) is 32.1 Å². The van der Waals surface area contributed by atoms with E-state index in [2.05, 4.69) is 10.3 Å². The van der Waals surface area contributed by atoms with Crippen LogP contribution >= 0.6 is 0 Å². The van der Waals surface area contributed by atoms with E-state index in [1.54, 1.807) is 19.0 Å². The van der Waals surface area contributed by atoms with Crippen LogP contribution in [0.2, 0.25) is 0 Å². The normalized spacial score (nSPS) is 14.2. The lowest BCUT2D eigenvalue weighted by molar-refractivity contribution is -0.148. The third kappa shape index (κ3) is 7.40. The number of aromatic nitrogens is 2. The molecule has 1 aromatic carbocycles. The molecule has 3 rings (SSSR count). The Hall–Kier alpha value is -3.82. The third-order valence-corrected chi connectivity index (χ3v) is 5.98. The van der Waals surface area contributed by atoms with E-state index in [1.165, 1.54) is 0 Å². The number of nitrogens with zero attached hydrogens (tertiary/aromatic N) is 4. The molecule has 10 nitrogen and oxygen atoms in total. The minimum absolute atomic E-state index is 0.130. The summed E-state index contributed by atoms with van der Waals surface area (Å²) in [5.74, 6) is -6.83. The molecule has 0 bridgehead atoms. The summed E-state index contributed by atoms with van der Waals surface area (Å²) in [6.45, 7) is -0.451. The van der Waals surface area contributed by atoms with Crippen LogP contribution in [0.5, 0.6) is 0 Å². The van der Waals surface area contributed by atoms with E-state index in [4.69, 9.17) is 5.11 Å². The van der Waals surface area contributed by atoms with Gasteiger partial charge in [0.1, 0.15) is 5.82 Å². The molecule has 39 heavy (non-hydrogen) atoms. The highest BCUT2D eigenvalue weighted by molar-refractivity contribution is 5.93. The second-order valence-corrected chi connectivity index (χ2v) is 9.17. The zero-order valence-corrected chi connectivity index (χ0v) is 20.9. The molecule has 1 atom stereocenters. The summed E-state index contributed by atoms with van der Waals surface area (Å²) in [6.07, 6.45) is -7.52. The molecule has 1 aliphatic heterocycles. The van der Waals surface area contributed by atoms with E-state index in [0.717, 1.165) is 9.47 Å². The van der Waals surface area contributed by atoms with Crippen LogP contribution in [0.4, 0.5) is 31.1 Å². The van der Waals surface area contributed by atoms with Gasteiger partial charge in [-0.3, -0.25) is 9.59 Å². The molecule has 0 radical (unpaired) electrons. The first-order valence-electron chi connectivity index (χ1n) is 11.7. The predicted octanol–water partition coefficient (Wildman–Crippen LogP) is 2.22. The molecule has 0 spiro atoms. The number of likely N-dealkylation sites (N-methyl/N-ethyl adjacent to an activating group) is 1. The number of fused-ring (bicyclic) bond motifs is 1. The van der Waals surface area contributed by atoms with Gasteiger partial charge in [-0.15, -0.1) is 0 Å². The fourth-order valence-electron chi connectivity index (χ4n) is 4.13. The molecule has 0 saturated carbocycles. The number of hydrogen-bond acceptors (Lipinski definition) is 5. The Morgan fingerprint density at radius 1 is 1.10 bits per heavy atom. The van der Waals surface area contributed by atoms with E-state index >= 15 is 0 Å². The van der Waals surface area contributed by atoms with Crippen molar-refractivity contribution in [2.45, 2.75) is 38.1 Å². The molecule has 16 heteroatoms. The minimum atomic E-state index is -4.87. The standard InChI is InChI=1S/C23H26F6N6O4/c1-33(2)4-3-30-20(37)19-17-11-34(5-6-35(17)21(32-19)23(27,28)29)18(36)9-13(31-22(38)39)7-12-8-15(25)16(26)10-14(12)24/h8,10,13,31H,3-7,9,11H2,1-2H3,(H,30,37)(H,38,39)/t13-/m1/s1. The Labute approximate surface area is 218 Å². The number of amides is 3. The summed E-state index contributed by atoms with van der Waals surface area (Å²) in [6, 6.07) is -0.439. The van der Waals surface area contributed by atoms with E-state index < -0.39 is 78.5 Å². The number of carbonyl (C=O) groups is 3. The average molecular weight is 564 g/mol. The Morgan fingerprint density at radius 3 is 2.38 bits per heavy atom. The maximum atomic E-state index is 14.1. The molecular formula is C23H26F6N6O4. The van der Waals surface area contributed by atoms with E-state index in [9.17, 15) is 40.7 Å². The van der Waals surface area contributed by atoms with Crippen molar-refractivity contribution in [3.63, 3.8) is 0 Å². The number of carbonyl (C=O) groups excluding carboxylic acids is 2. The lowest BCUT2D eigenvalue weighted by Crippen LogP contribution is -2.44. The van der Waals surface area contributed by atoms with Crippen molar-refractivity contribution >= 4 is 17.9 Å². The van der Waals surface area contributed by atoms with E-state index in [1.807, 2.05) is 5.32 Å². The fraction of sp³-hybridized carbons (Fsp3) is 0.478. The maximum Gasteiger partial charge on any atom is 0.449 e. The van der Waals surface area contributed by atoms with E-state index in [0.29, 0.717) is 18.7 Å². The van der Waals surface area contributed by atoms with Crippen molar-refractivity contribution < 1.29 is 45.8 Å². The van der Waals surface area contributed by atoms with Gasteiger partial charge in [-0.2, -0.15) is 13.2 Å². The van der Waals surface area contributed by atoms with Crippen LogP contribution in [0, 0.1) is 17.5 Å². The van der Waals surface area contributed by atoms with Gasteiger partial charge >= 0.3 is 12.3 Å². The van der Waals surface area contributed by atoms with Crippen LogP contribution < -0.4 is 10.6 Å². The largest absolute Gasteiger partial charge is 0.465 e. The van der Waals surface area contributed by atoms with Gasteiger partial charge in [-0.25, -0.2) is 22.9 Å². The van der Waals surface area contributed by atoms with Gasteiger partial charge < -0.3 is 30.1 Å². The van der Waals surface area contributed by atoms with Gasteiger partial charge in [0, 0.05) is 44.7 Å². The van der Waals surface area contributed by atoms with Gasteiger partial charge in [0.2, 0.25) is 11.7 Å². The number of carboxylic acid groups (broad SMARTS) is 1. The Balaban J connectivity index is 1.82. The second-order valence-electron chi connectivity index (χ2n) is 9.17. The van der Waals surface area contributed by atoms with Crippen molar-refractivity contribution in [1.82, 2.24) is 30.0 Å². The molecule has 1 aromatic heterocycles. The summed E-state index contributed by atoms with van der Waals surface area (Å²) in [5, 5.41) is 13.6. The molecule has 214 valence electrons. The highest BCUT2D eigenvalue weighted by Crippen LogP contribution is 2.32. The smallest absolute Gasteiger partial charge is 0.449 e. The fourth-order valence-corrected chi connectivity index (χ4v) is 4.13. The van der Waals surface area contributed by atoms with Crippen LogP contribution in [0.1, 0.15) is 34.0 Å². The topological polar surface area (TPSA) is 120 Å². The molecule has 1 aliphatic rings. The van der Waals surface area contributed by atoms with Crippen molar-refractivity contribution in [3.05, 3.63) is 52.4 Å². The number of nitrogens with one attached hydrogen (secondary N) is 2. The zero-order valence-electron chi connectivity index (χ0n) is 20.9. The van der Waals surface area contributed by atoms with Gasteiger partial charge in [-0.1, -0.05) is 0 Å². The highest BCUT2D eigenvalue weighted by Gasteiger charge is 2.41. The van der Waals surface area contributed by atoms with Crippen LogP contribution in [-0.2, 0) is 30.5 Å². The van der Waals surface area contributed by atoms with E-state index in [-0.39, 0.29) is 30.9 Å². The number of imidazole rings is 1. The van der Waals surface area contributed by atoms with Crippen molar-refractivity contribution in [1.29, 1.82) is 0 Å². The predicted molar refractivity (Wildman–Crippen MR) is 123 cm³/mol. The van der Waals surface area contributed by atoms with Crippen molar-refractivity contribution in [2.24, 2.45) is 0 Å². The molecule has 0 unspecified atom stereocenters. The number of alkyl halides is 3. The number of rotatable bonds is 9. The lowest BCUT2D eigenvalue weighted by atomic mass is 10.0. The van der Waals surface area contributed by atoms with Gasteiger partial charge in [0.05, 0.1) is 12.2 Å². The molecule has 3 N–H and O–H groups in total. The first-order valence-corrected chi connectivity index (χ1v) is 11.7. The highest BCUT2D eigenvalue weighted by atomic mass is 19.4. The molecule has 0 saturated heterocycles. The summed E-state index contributed by atoms with van der Waals surface area (Å²) in [7, 11) is 3.48. The number of benzene rings is 1. The lowest BCUT2D eigenvalue weighted by Gasteiger charge is -2.31. The molecule has 2 aromatic rings. The van der Waals surface area contributed by atoms with Gasteiger partial charge in [0.15, 0.2) is 17.3 Å². The Bertz CT molecular complexity index is 1250. The maximum absolute atomic E-state index is 14.1. The Morgan fingerprint density at radius 2 is 1.77 bits per heavy atom.